The summed E-state index contributed by atoms with van der Waals surface area (Å²) in [4.78, 5) is 11.7. The van der Waals surface area contributed by atoms with Crippen LogP contribution in [0.5, 0.6) is 0 Å². The van der Waals surface area contributed by atoms with Gasteiger partial charge in [-0.2, -0.15) is 0 Å². The second-order valence-corrected chi connectivity index (χ2v) is 3.88. The van der Waals surface area contributed by atoms with Gasteiger partial charge in [0.05, 0.1) is 6.10 Å². The highest BCUT2D eigenvalue weighted by atomic mass is 16.3. The molecular weight excluding hydrogens is 190 g/mol. The average molecular weight is 207 g/mol. The molecule has 1 rings (SSSR count). The molecule has 0 radical (unpaired) electrons. The molecule has 0 aromatic heterocycles. The third-order valence-electron chi connectivity index (χ3n) is 2.20. The highest BCUT2D eigenvalue weighted by Gasteiger charge is 2.09. The predicted octanol–water partition coefficient (Wildman–Crippen LogP) is 1.41. The summed E-state index contributed by atoms with van der Waals surface area (Å²) >= 11 is 0. The number of nitrogens with one attached hydrogen (secondary N) is 1. The SMILES string of the molecule is Cc1ccc(C)c(C(=O)NC[C@H](C)O)c1. The number of carbonyl (C=O) groups excluding carboxylic acids is 1. The maximum Gasteiger partial charge on any atom is 0.251 e. The van der Waals surface area contributed by atoms with Crippen LogP contribution in [-0.2, 0) is 0 Å². The van der Waals surface area contributed by atoms with Crippen molar-refractivity contribution in [3.05, 3.63) is 34.9 Å². The summed E-state index contributed by atoms with van der Waals surface area (Å²) in [6, 6.07) is 5.75. The molecule has 82 valence electrons. The van der Waals surface area contributed by atoms with E-state index in [2.05, 4.69) is 5.32 Å². The van der Waals surface area contributed by atoms with Crippen LogP contribution in [0, 0.1) is 13.8 Å². The molecule has 0 heterocycles. The number of carbonyl (C=O) groups is 1. The number of aryl methyl sites for hydroxylation is 2. The van der Waals surface area contributed by atoms with Crippen LogP contribution in [0.25, 0.3) is 0 Å². The van der Waals surface area contributed by atoms with Gasteiger partial charge >= 0.3 is 0 Å². The van der Waals surface area contributed by atoms with Gasteiger partial charge < -0.3 is 10.4 Å². The third-order valence-corrected chi connectivity index (χ3v) is 2.20. The van der Waals surface area contributed by atoms with Crippen LogP contribution >= 0.6 is 0 Å². The van der Waals surface area contributed by atoms with E-state index in [1.165, 1.54) is 0 Å². The topological polar surface area (TPSA) is 49.3 Å². The largest absolute Gasteiger partial charge is 0.392 e. The van der Waals surface area contributed by atoms with Gasteiger partial charge in [0.1, 0.15) is 0 Å². The number of rotatable bonds is 3. The van der Waals surface area contributed by atoms with E-state index < -0.39 is 6.10 Å². The van der Waals surface area contributed by atoms with Crippen LogP contribution in [0.15, 0.2) is 18.2 Å². The first-order valence-corrected chi connectivity index (χ1v) is 5.04. The number of aliphatic hydroxyl groups excluding tert-OH is 1. The van der Waals surface area contributed by atoms with Gasteiger partial charge in [0.2, 0.25) is 0 Å². The van der Waals surface area contributed by atoms with Crippen molar-refractivity contribution >= 4 is 5.91 Å². The Labute approximate surface area is 90.1 Å². The lowest BCUT2D eigenvalue weighted by atomic mass is 10.1. The van der Waals surface area contributed by atoms with Gasteiger partial charge in [-0.05, 0) is 32.4 Å². The number of hydrogen-bond acceptors (Lipinski definition) is 2. The summed E-state index contributed by atoms with van der Waals surface area (Å²) in [7, 11) is 0. The van der Waals surface area contributed by atoms with E-state index in [0.717, 1.165) is 11.1 Å². The molecule has 1 amide bonds. The smallest absolute Gasteiger partial charge is 0.251 e. The van der Waals surface area contributed by atoms with Gasteiger partial charge in [-0.25, -0.2) is 0 Å². The summed E-state index contributed by atoms with van der Waals surface area (Å²) in [5.41, 5.74) is 2.68. The van der Waals surface area contributed by atoms with E-state index in [0.29, 0.717) is 5.56 Å². The Kier molecular flexibility index (Phi) is 3.86. The fourth-order valence-electron chi connectivity index (χ4n) is 1.32. The summed E-state index contributed by atoms with van der Waals surface area (Å²) in [5.74, 6) is -0.128. The van der Waals surface area contributed by atoms with Crippen molar-refractivity contribution in [1.82, 2.24) is 5.32 Å². The fourth-order valence-corrected chi connectivity index (χ4v) is 1.32. The number of benzene rings is 1. The minimum Gasteiger partial charge on any atom is -0.392 e. The quantitative estimate of drug-likeness (QED) is 0.787. The van der Waals surface area contributed by atoms with Gasteiger partial charge in [0.15, 0.2) is 0 Å². The Hall–Kier alpha value is -1.35. The normalized spacial score (nSPS) is 12.3. The van der Waals surface area contributed by atoms with Crippen LogP contribution < -0.4 is 5.32 Å². The number of amides is 1. The molecule has 2 N–H and O–H groups in total. The highest BCUT2D eigenvalue weighted by molar-refractivity contribution is 5.95. The minimum absolute atomic E-state index is 0.128. The molecule has 3 nitrogen and oxygen atoms in total. The van der Waals surface area contributed by atoms with E-state index in [1.807, 2.05) is 32.0 Å². The molecule has 0 unspecified atom stereocenters. The fraction of sp³-hybridized carbons (Fsp3) is 0.417. The second-order valence-electron chi connectivity index (χ2n) is 3.88. The number of aliphatic hydroxyl groups is 1. The van der Waals surface area contributed by atoms with Crippen molar-refractivity contribution in [3.63, 3.8) is 0 Å². The van der Waals surface area contributed by atoms with Crippen LogP contribution in [0.2, 0.25) is 0 Å². The Bertz CT molecular complexity index is 359. The molecule has 0 spiro atoms. The summed E-state index contributed by atoms with van der Waals surface area (Å²) in [5, 5.41) is 11.7. The van der Waals surface area contributed by atoms with Gasteiger partial charge in [0, 0.05) is 12.1 Å². The van der Waals surface area contributed by atoms with Crippen molar-refractivity contribution in [1.29, 1.82) is 0 Å². The molecule has 0 bridgehead atoms. The molecule has 0 saturated carbocycles. The zero-order chi connectivity index (χ0) is 11.4. The van der Waals surface area contributed by atoms with Gasteiger partial charge in [-0.15, -0.1) is 0 Å². The summed E-state index contributed by atoms with van der Waals surface area (Å²) in [6.45, 7) is 5.78. The van der Waals surface area contributed by atoms with Crippen molar-refractivity contribution in [2.45, 2.75) is 26.9 Å². The third kappa shape index (κ3) is 3.36. The first kappa shape index (κ1) is 11.7. The molecular formula is C12H17NO2. The minimum atomic E-state index is -0.515. The lowest BCUT2D eigenvalue weighted by Crippen LogP contribution is -2.31. The Morgan fingerprint density at radius 2 is 2.13 bits per heavy atom. The molecule has 1 atom stereocenters. The van der Waals surface area contributed by atoms with E-state index in [-0.39, 0.29) is 12.5 Å². The molecule has 0 saturated heterocycles. The van der Waals surface area contributed by atoms with Crippen molar-refractivity contribution in [2.75, 3.05) is 6.54 Å². The molecule has 0 aliphatic heterocycles. The van der Waals surface area contributed by atoms with E-state index in [4.69, 9.17) is 5.11 Å². The molecule has 1 aromatic carbocycles. The zero-order valence-electron chi connectivity index (χ0n) is 9.37. The van der Waals surface area contributed by atoms with Gasteiger partial charge in [-0.3, -0.25) is 4.79 Å². The monoisotopic (exact) mass is 207 g/mol. The predicted molar refractivity (Wildman–Crippen MR) is 59.9 cm³/mol. The standard InChI is InChI=1S/C12H17NO2/c1-8-4-5-9(2)11(6-8)12(15)13-7-10(3)14/h4-6,10,14H,7H2,1-3H3,(H,13,15)/t10-/m0/s1. The lowest BCUT2D eigenvalue weighted by Gasteiger charge is -2.09. The van der Waals surface area contributed by atoms with Gasteiger partial charge in [-0.1, -0.05) is 17.7 Å². The maximum absolute atomic E-state index is 11.7. The molecule has 0 aliphatic carbocycles. The van der Waals surface area contributed by atoms with Crippen LogP contribution in [0.4, 0.5) is 0 Å². The lowest BCUT2D eigenvalue weighted by molar-refractivity contribution is 0.0923. The van der Waals surface area contributed by atoms with Crippen molar-refractivity contribution in [3.8, 4) is 0 Å². The molecule has 0 fully saturated rings. The highest BCUT2D eigenvalue weighted by Crippen LogP contribution is 2.10. The van der Waals surface area contributed by atoms with Crippen molar-refractivity contribution in [2.24, 2.45) is 0 Å². The van der Waals surface area contributed by atoms with Gasteiger partial charge in [0.25, 0.3) is 5.91 Å². The molecule has 1 aromatic rings. The summed E-state index contributed by atoms with van der Waals surface area (Å²) in [6.07, 6.45) is -0.515. The average Bonchev–Trinajstić information content (AvgIpc) is 2.18. The zero-order valence-corrected chi connectivity index (χ0v) is 9.37. The van der Waals surface area contributed by atoms with Crippen molar-refractivity contribution < 1.29 is 9.90 Å². The van der Waals surface area contributed by atoms with Crippen LogP contribution in [-0.4, -0.2) is 23.7 Å². The Morgan fingerprint density at radius 3 is 2.73 bits per heavy atom. The Balaban J connectivity index is 2.77. The number of hydrogen-bond donors (Lipinski definition) is 2. The van der Waals surface area contributed by atoms with E-state index >= 15 is 0 Å². The first-order valence-electron chi connectivity index (χ1n) is 5.04. The van der Waals surface area contributed by atoms with Crippen LogP contribution in [0.3, 0.4) is 0 Å². The van der Waals surface area contributed by atoms with E-state index in [9.17, 15) is 4.79 Å². The maximum atomic E-state index is 11.7. The first-order chi connectivity index (χ1) is 7.00. The molecule has 15 heavy (non-hydrogen) atoms. The van der Waals surface area contributed by atoms with E-state index in [1.54, 1.807) is 6.92 Å². The van der Waals surface area contributed by atoms with Crippen LogP contribution in [0.1, 0.15) is 28.4 Å². The Morgan fingerprint density at radius 1 is 1.47 bits per heavy atom. The molecule has 3 heteroatoms. The second kappa shape index (κ2) is 4.94. The molecule has 0 aliphatic rings. The summed E-state index contributed by atoms with van der Waals surface area (Å²) < 4.78 is 0.